The van der Waals surface area contributed by atoms with Gasteiger partial charge in [0.25, 0.3) is 0 Å². The molecule has 2 aromatic carbocycles. The van der Waals surface area contributed by atoms with Crippen molar-refractivity contribution in [3.8, 4) is 6.07 Å². The van der Waals surface area contributed by atoms with E-state index < -0.39 is 0 Å². The fourth-order valence-corrected chi connectivity index (χ4v) is 4.58. The van der Waals surface area contributed by atoms with E-state index in [4.69, 9.17) is 4.99 Å². The molecule has 3 aromatic rings. The average molecular weight is 396 g/mol. The zero-order chi connectivity index (χ0) is 20.5. The third-order valence-corrected chi connectivity index (χ3v) is 6.06. The second-order valence-corrected chi connectivity index (χ2v) is 8.03. The first-order valence-corrected chi connectivity index (χ1v) is 10.6. The Morgan fingerprint density at radius 3 is 2.80 bits per heavy atom. The third kappa shape index (κ3) is 3.30. The standard InChI is InChI=1S/C25H25N5/c1-17-14-21-19(15-26)10-7-13-23(21)30(17)25-28-22-12-6-5-11-20(22)24(29-25)27-16-18-8-3-2-4-9-18/h2-4,7-10,13-14,24,27H,5-6,11-12,16H2,1H3,(H,28,29). The molecule has 1 unspecified atom stereocenters. The first kappa shape index (κ1) is 18.7. The number of hydrogen-bond donors (Lipinski definition) is 2. The van der Waals surface area contributed by atoms with Crippen molar-refractivity contribution < 1.29 is 0 Å². The second kappa shape index (κ2) is 7.81. The Bertz CT molecular complexity index is 1190. The Hall–Kier alpha value is -3.36. The molecule has 0 amide bonds. The van der Waals surface area contributed by atoms with Gasteiger partial charge in [0.2, 0.25) is 5.96 Å². The molecular weight excluding hydrogens is 370 g/mol. The molecule has 1 aromatic heterocycles. The van der Waals surface area contributed by atoms with Gasteiger partial charge in [-0.2, -0.15) is 5.26 Å². The van der Waals surface area contributed by atoms with Crippen LogP contribution in [-0.4, -0.2) is 16.7 Å². The van der Waals surface area contributed by atoms with Crippen molar-refractivity contribution in [1.29, 1.82) is 5.26 Å². The average Bonchev–Trinajstić information content (AvgIpc) is 3.13. The summed E-state index contributed by atoms with van der Waals surface area (Å²) in [5, 5.41) is 17.8. The smallest absolute Gasteiger partial charge is 0.209 e. The summed E-state index contributed by atoms with van der Waals surface area (Å²) in [4.78, 5) is 5.11. The number of rotatable bonds is 3. The number of aliphatic imine (C=N–C) groups is 1. The van der Waals surface area contributed by atoms with Crippen LogP contribution in [0.25, 0.3) is 10.9 Å². The summed E-state index contributed by atoms with van der Waals surface area (Å²) in [6, 6.07) is 20.7. The molecule has 0 saturated carbocycles. The third-order valence-electron chi connectivity index (χ3n) is 6.06. The molecule has 0 radical (unpaired) electrons. The number of nitriles is 1. The van der Waals surface area contributed by atoms with Gasteiger partial charge < -0.3 is 5.32 Å². The maximum Gasteiger partial charge on any atom is 0.209 e. The zero-order valence-electron chi connectivity index (χ0n) is 17.2. The molecule has 0 saturated heterocycles. The van der Waals surface area contributed by atoms with Crippen molar-refractivity contribution >= 4 is 16.9 Å². The van der Waals surface area contributed by atoms with Crippen molar-refractivity contribution in [2.45, 2.75) is 45.3 Å². The number of aryl methyl sites for hydroxylation is 1. The fraction of sp³-hybridized carbons (Fsp3) is 0.280. The first-order valence-electron chi connectivity index (χ1n) is 10.6. The molecule has 150 valence electrons. The van der Waals surface area contributed by atoms with Gasteiger partial charge in [-0.1, -0.05) is 36.4 Å². The van der Waals surface area contributed by atoms with Gasteiger partial charge in [0.1, 0.15) is 6.17 Å². The van der Waals surface area contributed by atoms with Crippen molar-refractivity contribution in [2.75, 3.05) is 0 Å². The Kier molecular flexibility index (Phi) is 4.86. The number of nitrogens with zero attached hydrogens (tertiary/aromatic N) is 3. The minimum Gasteiger partial charge on any atom is -0.329 e. The quantitative estimate of drug-likeness (QED) is 0.683. The molecule has 1 aliphatic heterocycles. The van der Waals surface area contributed by atoms with Crippen LogP contribution >= 0.6 is 0 Å². The van der Waals surface area contributed by atoms with E-state index in [1.165, 1.54) is 29.7 Å². The SMILES string of the molecule is Cc1cc2c(C#N)cccc2n1C1=NC(NCc2ccccc2)C2=C(CCCC2)N1. The molecule has 5 nitrogen and oxygen atoms in total. The highest BCUT2D eigenvalue weighted by molar-refractivity contribution is 5.98. The molecule has 2 heterocycles. The molecule has 0 fully saturated rings. The maximum absolute atomic E-state index is 9.50. The fourth-order valence-electron chi connectivity index (χ4n) is 4.58. The van der Waals surface area contributed by atoms with Crippen molar-refractivity contribution in [3.05, 3.63) is 82.7 Å². The monoisotopic (exact) mass is 395 g/mol. The van der Waals surface area contributed by atoms with E-state index in [0.29, 0.717) is 5.56 Å². The predicted octanol–water partition coefficient (Wildman–Crippen LogP) is 4.57. The largest absolute Gasteiger partial charge is 0.329 e. The zero-order valence-corrected chi connectivity index (χ0v) is 17.2. The molecule has 1 atom stereocenters. The van der Waals surface area contributed by atoms with Crippen LogP contribution in [-0.2, 0) is 6.54 Å². The summed E-state index contributed by atoms with van der Waals surface area (Å²) < 4.78 is 2.14. The van der Waals surface area contributed by atoms with E-state index in [1.54, 1.807) is 0 Å². The molecule has 0 bridgehead atoms. The van der Waals surface area contributed by atoms with E-state index in [0.717, 1.165) is 41.9 Å². The van der Waals surface area contributed by atoms with Crippen molar-refractivity contribution in [1.82, 2.24) is 15.2 Å². The lowest BCUT2D eigenvalue weighted by Gasteiger charge is -2.32. The Labute approximate surface area is 176 Å². The van der Waals surface area contributed by atoms with Crippen LogP contribution in [0.4, 0.5) is 0 Å². The van der Waals surface area contributed by atoms with Gasteiger partial charge in [0.15, 0.2) is 0 Å². The molecule has 2 aliphatic rings. The van der Waals surface area contributed by atoms with Crippen LogP contribution in [0.5, 0.6) is 0 Å². The summed E-state index contributed by atoms with van der Waals surface area (Å²) in [5.41, 5.74) is 6.72. The van der Waals surface area contributed by atoms with E-state index in [-0.39, 0.29) is 6.17 Å². The highest BCUT2D eigenvalue weighted by Crippen LogP contribution is 2.30. The van der Waals surface area contributed by atoms with E-state index in [2.05, 4.69) is 64.6 Å². The normalized spacial score (nSPS) is 18.5. The number of hydrogen-bond acceptors (Lipinski definition) is 4. The van der Waals surface area contributed by atoms with Gasteiger partial charge in [0.05, 0.1) is 17.1 Å². The Morgan fingerprint density at radius 1 is 1.13 bits per heavy atom. The molecule has 1 aliphatic carbocycles. The van der Waals surface area contributed by atoms with Crippen LogP contribution < -0.4 is 10.6 Å². The minimum absolute atomic E-state index is 0.0345. The van der Waals surface area contributed by atoms with E-state index in [9.17, 15) is 5.26 Å². The van der Waals surface area contributed by atoms with Gasteiger partial charge in [-0.3, -0.25) is 9.88 Å². The number of benzene rings is 2. The molecule has 5 heteroatoms. The first-order chi connectivity index (χ1) is 14.7. The second-order valence-electron chi connectivity index (χ2n) is 8.03. The Morgan fingerprint density at radius 2 is 1.97 bits per heavy atom. The number of allylic oxidation sites excluding steroid dienone is 1. The van der Waals surface area contributed by atoms with Gasteiger partial charge in [-0.05, 0) is 61.9 Å². The molecular formula is C25H25N5. The number of aromatic nitrogens is 1. The van der Waals surface area contributed by atoms with Crippen LogP contribution in [0.2, 0.25) is 0 Å². The lowest BCUT2D eigenvalue weighted by atomic mass is 9.93. The van der Waals surface area contributed by atoms with E-state index in [1.807, 2.05) is 18.2 Å². The van der Waals surface area contributed by atoms with Crippen LogP contribution in [0.1, 0.15) is 42.5 Å². The number of fused-ring (bicyclic) bond motifs is 1. The highest BCUT2D eigenvalue weighted by atomic mass is 15.3. The van der Waals surface area contributed by atoms with Gasteiger partial charge >= 0.3 is 0 Å². The lowest BCUT2D eigenvalue weighted by molar-refractivity contribution is 0.511. The van der Waals surface area contributed by atoms with Gasteiger partial charge in [-0.15, -0.1) is 0 Å². The topological polar surface area (TPSA) is 65.1 Å². The van der Waals surface area contributed by atoms with Gasteiger partial charge in [-0.25, -0.2) is 4.99 Å². The lowest BCUT2D eigenvalue weighted by Crippen LogP contribution is -2.43. The maximum atomic E-state index is 9.50. The summed E-state index contributed by atoms with van der Waals surface area (Å²) in [6.07, 6.45) is 4.52. The summed E-state index contributed by atoms with van der Waals surface area (Å²) in [7, 11) is 0. The van der Waals surface area contributed by atoms with Crippen LogP contribution in [0.15, 0.2) is 70.9 Å². The van der Waals surface area contributed by atoms with E-state index >= 15 is 0 Å². The highest BCUT2D eigenvalue weighted by Gasteiger charge is 2.27. The number of nitrogens with one attached hydrogen (secondary N) is 2. The van der Waals surface area contributed by atoms with Gasteiger partial charge in [0, 0.05) is 23.3 Å². The molecule has 30 heavy (non-hydrogen) atoms. The summed E-state index contributed by atoms with van der Waals surface area (Å²) >= 11 is 0. The molecule has 5 rings (SSSR count). The Balaban J connectivity index is 1.54. The predicted molar refractivity (Wildman–Crippen MR) is 120 cm³/mol. The van der Waals surface area contributed by atoms with Crippen LogP contribution in [0.3, 0.4) is 0 Å². The van der Waals surface area contributed by atoms with Crippen molar-refractivity contribution in [2.24, 2.45) is 4.99 Å². The summed E-state index contributed by atoms with van der Waals surface area (Å²) in [5.74, 6) is 0.837. The molecule has 0 spiro atoms. The molecule has 2 N–H and O–H groups in total. The van der Waals surface area contributed by atoms with Crippen molar-refractivity contribution in [3.63, 3.8) is 0 Å². The summed E-state index contributed by atoms with van der Waals surface area (Å²) in [6.45, 7) is 2.85. The minimum atomic E-state index is -0.0345. The van der Waals surface area contributed by atoms with Crippen LogP contribution in [0, 0.1) is 18.3 Å².